The number of amides is 1. The van der Waals surface area contributed by atoms with Crippen molar-refractivity contribution in [2.24, 2.45) is 0 Å². The SMILES string of the molecule is CCn1cncc1CNC(C)C(=O)NC(C)(C)C. The summed E-state index contributed by atoms with van der Waals surface area (Å²) in [5, 5.41) is 6.16. The maximum atomic E-state index is 11.9. The molecule has 0 aromatic carbocycles. The third-order valence-electron chi connectivity index (χ3n) is 2.62. The minimum Gasteiger partial charge on any atom is -0.350 e. The summed E-state index contributed by atoms with van der Waals surface area (Å²) in [5.74, 6) is 0.0186. The van der Waals surface area contributed by atoms with Crippen LogP contribution in [0.25, 0.3) is 0 Å². The van der Waals surface area contributed by atoms with Crippen LogP contribution in [0.15, 0.2) is 12.5 Å². The summed E-state index contributed by atoms with van der Waals surface area (Å²) < 4.78 is 2.06. The van der Waals surface area contributed by atoms with Crippen LogP contribution in [-0.4, -0.2) is 27.0 Å². The van der Waals surface area contributed by atoms with Gasteiger partial charge in [-0.05, 0) is 34.6 Å². The van der Waals surface area contributed by atoms with Gasteiger partial charge >= 0.3 is 0 Å². The first-order valence-electron chi connectivity index (χ1n) is 6.38. The molecule has 0 spiro atoms. The number of carbonyl (C=O) groups excluding carboxylic acids is 1. The zero-order valence-corrected chi connectivity index (χ0v) is 11.9. The summed E-state index contributed by atoms with van der Waals surface area (Å²) in [7, 11) is 0. The van der Waals surface area contributed by atoms with E-state index in [1.54, 1.807) is 6.33 Å². The molecule has 0 bridgehead atoms. The first-order valence-corrected chi connectivity index (χ1v) is 6.38. The van der Waals surface area contributed by atoms with E-state index < -0.39 is 0 Å². The lowest BCUT2D eigenvalue weighted by Crippen LogP contribution is -2.49. The van der Waals surface area contributed by atoms with Crippen LogP contribution in [0.2, 0.25) is 0 Å². The summed E-state index contributed by atoms with van der Waals surface area (Å²) in [5.41, 5.74) is 0.894. The molecule has 0 saturated carbocycles. The fourth-order valence-electron chi connectivity index (χ4n) is 1.61. The standard InChI is InChI=1S/C13H24N4O/c1-6-17-9-14-7-11(17)8-15-10(2)12(18)16-13(3,4)5/h7,9-10,15H,6,8H2,1-5H3,(H,16,18). The Morgan fingerprint density at radius 3 is 2.72 bits per heavy atom. The average Bonchev–Trinajstić information content (AvgIpc) is 2.70. The minimum atomic E-state index is -0.218. The third-order valence-corrected chi connectivity index (χ3v) is 2.62. The molecular formula is C13H24N4O. The number of aromatic nitrogens is 2. The lowest BCUT2D eigenvalue weighted by Gasteiger charge is -2.23. The van der Waals surface area contributed by atoms with Crippen LogP contribution in [0.1, 0.15) is 40.3 Å². The molecule has 0 fully saturated rings. The summed E-state index contributed by atoms with van der Waals surface area (Å²) in [6.07, 6.45) is 3.63. The first kappa shape index (κ1) is 14.7. The van der Waals surface area contributed by atoms with Crippen molar-refractivity contribution in [3.63, 3.8) is 0 Å². The molecule has 0 aliphatic carbocycles. The van der Waals surface area contributed by atoms with Crippen molar-refractivity contribution >= 4 is 5.91 Å². The Labute approximate surface area is 109 Å². The van der Waals surface area contributed by atoms with Gasteiger partial charge in [-0.2, -0.15) is 0 Å². The lowest BCUT2D eigenvalue weighted by molar-refractivity contribution is -0.124. The highest BCUT2D eigenvalue weighted by atomic mass is 16.2. The zero-order valence-electron chi connectivity index (χ0n) is 11.9. The fraction of sp³-hybridized carbons (Fsp3) is 0.692. The third kappa shape index (κ3) is 4.49. The number of imidazole rings is 1. The zero-order chi connectivity index (χ0) is 13.8. The van der Waals surface area contributed by atoms with E-state index in [1.165, 1.54) is 0 Å². The van der Waals surface area contributed by atoms with Crippen LogP contribution in [0.3, 0.4) is 0 Å². The smallest absolute Gasteiger partial charge is 0.237 e. The summed E-state index contributed by atoms with van der Waals surface area (Å²) >= 11 is 0. The summed E-state index contributed by atoms with van der Waals surface area (Å²) in [6.45, 7) is 11.4. The second-order valence-electron chi connectivity index (χ2n) is 5.51. The Bertz CT molecular complexity index is 392. The van der Waals surface area contributed by atoms with Crippen molar-refractivity contribution in [3.05, 3.63) is 18.2 Å². The van der Waals surface area contributed by atoms with E-state index in [2.05, 4.69) is 27.1 Å². The van der Waals surface area contributed by atoms with E-state index in [1.807, 2.05) is 33.9 Å². The first-order chi connectivity index (χ1) is 8.33. The number of hydrogen-bond donors (Lipinski definition) is 2. The van der Waals surface area contributed by atoms with Gasteiger partial charge in [0.15, 0.2) is 0 Å². The molecular weight excluding hydrogens is 228 g/mol. The molecule has 1 rings (SSSR count). The Morgan fingerprint density at radius 2 is 2.17 bits per heavy atom. The molecule has 1 atom stereocenters. The molecule has 102 valence electrons. The largest absolute Gasteiger partial charge is 0.350 e. The van der Waals surface area contributed by atoms with Crippen molar-refractivity contribution in [1.82, 2.24) is 20.2 Å². The molecule has 0 saturated heterocycles. The van der Waals surface area contributed by atoms with Gasteiger partial charge in [-0.1, -0.05) is 0 Å². The maximum absolute atomic E-state index is 11.9. The van der Waals surface area contributed by atoms with Crippen molar-refractivity contribution in [1.29, 1.82) is 0 Å². The highest BCUT2D eigenvalue weighted by Crippen LogP contribution is 2.01. The Hall–Kier alpha value is -1.36. The van der Waals surface area contributed by atoms with E-state index in [0.29, 0.717) is 6.54 Å². The predicted octanol–water partition coefficient (Wildman–Crippen LogP) is 1.30. The van der Waals surface area contributed by atoms with Crippen LogP contribution in [0.4, 0.5) is 0 Å². The second-order valence-corrected chi connectivity index (χ2v) is 5.51. The van der Waals surface area contributed by atoms with E-state index in [4.69, 9.17) is 0 Å². The molecule has 0 aliphatic heterocycles. The van der Waals surface area contributed by atoms with Crippen molar-refractivity contribution in [2.45, 2.75) is 59.3 Å². The monoisotopic (exact) mass is 252 g/mol. The van der Waals surface area contributed by atoms with Gasteiger partial charge in [0.2, 0.25) is 5.91 Å². The molecule has 2 N–H and O–H groups in total. The molecule has 0 radical (unpaired) electrons. The number of rotatable bonds is 5. The highest BCUT2D eigenvalue weighted by Gasteiger charge is 2.18. The second kappa shape index (κ2) is 6.00. The van der Waals surface area contributed by atoms with Crippen molar-refractivity contribution < 1.29 is 4.79 Å². The van der Waals surface area contributed by atoms with Gasteiger partial charge in [-0.25, -0.2) is 4.98 Å². The quantitative estimate of drug-likeness (QED) is 0.830. The molecule has 1 aromatic heterocycles. The minimum absolute atomic E-state index is 0.0186. The molecule has 1 aromatic rings. The van der Waals surface area contributed by atoms with E-state index in [-0.39, 0.29) is 17.5 Å². The van der Waals surface area contributed by atoms with Crippen molar-refractivity contribution in [3.8, 4) is 0 Å². The Balaban J connectivity index is 2.46. The van der Waals surface area contributed by atoms with Gasteiger partial charge in [0, 0.05) is 24.8 Å². The van der Waals surface area contributed by atoms with Gasteiger partial charge in [-0.3, -0.25) is 4.79 Å². The average molecular weight is 252 g/mol. The van der Waals surface area contributed by atoms with Crippen LogP contribution in [0, 0.1) is 0 Å². The Morgan fingerprint density at radius 1 is 1.50 bits per heavy atom. The number of carbonyl (C=O) groups is 1. The molecule has 0 aliphatic rings. The van der Waals surface area contributed by atoms with Gasteiger partial charge in [0.25, 0.3) is 0 Å². The predicted molar refractivity (Wildman–Crippen MR) is 72.1 cm³/mol. The van der Waals surface area contributed by atoms with E-state index in [9.17, 15) is 4.79 Å². The van der Waals surface area contributed by atoms with Gasteiger partial charge in [0.1, 0.15) is 0 Å². The fourth-order valence-corrected chi connectivity index (χ4v) is 1.61. The van der Waals surface area contributed by atoms with Crippen molar-refractivity contribution in [2.75, 3.05) is 0 Å². The normalized spacial score (nSPS) is 13.4. The highest BCUT2D eigenvalue weighted by molar-refractivity contribution is 5.81. The van der Waals surface area contributed by atoms with Crippen LogP contribution in [0.5, 0.6) is 0 Å². The van der Waals surface area contributed by atoms with E-state index in [0.717, 1.165) is 12.2 Å². The van der Waals surface area contributed by atoms with Gasteiger partial charge in [0.05, 0.1) is 18.1 Å². The topological polar surface area (TPSA) is 59.0 Å². The van der Waals surface area contributed by atoms with E-state index >= 15 is 0 Å². The Kier molecular flexibility index (Phi) is 4.90. The number of nitrogens with zero attached hydrogens (tertiary/aromatic N) is 2. The number of nitrogens with one attached hydrogen (secondary N) is 2. The lowest BCUT2D eigenvalue weighted by atomic mass is 10.1. The van der Waals surface area contributed by atoms with Gasteiger partial charge < -0.3 is 15.2 Å². The number of hydrogen-bond acceptors (Lipinski definition) is 3. The maximum Gasteiger partial charge on any atom is 0.237 e. The van der Waals surface area contributed by atoms with Crippen LogP contribution >= 0.6 is 0 Å². The van der Waals surface area contributed by atoms with Crippen LogP contribution < -0.4 is 10.6 Å². The molecule has 18 heavy (non-hydrogen) atoms. The molecule has 1 unspecified atom stereocenters. The molecule has 5 heteroatoms. The molecule has 1 heterocycles. The summed E-state index contributed by atoms with van der Waals surface area (Å²) in [4.78, 5) is 16.0. The molecule has 5 nitrogen and oxygen atoms in total. The number of aryl methyl sites for hydroxylation is 1. The summed E-state index contributed by atoms with van der Waals surface area (Å²) in [6, 6.07) is -0.218. The van der Waals surface area contributed by atoms with Gasteiger partial charge in [-0.15, -0.1) is 0 Å². The molecule has 1 amide bonds. The van der Waals surface area contributed by atoms with Crippen LogP contribution in [-0.2, 0) is 17.9 Å².